The molecule has 214 valence electrons. The summed E-state index contributed by atoms with van der Waals surface area (Å²) in [6.07, 6.45) is 0. The first-order chi connectivity index (χ1) is 20.2. The average molecular weight is 602 g/mol. The Balaban J connectivity index is 1.29. The first-order valence-electron chi connectivity index (χ1n) is 13.2. The van der Waals surface area contributed by atoms with Gasteiger partial charge in [-0.1, -0.05) is 64.6 Å². The van der Waals surface area contributed by atoms with Crippen LogP contribution in [0.25, 0.3) is 0 Å². The third-order valence-corrected chi connectivity index (χ3v) is 9.76. The highest BCUT2D eigenvalue weighted by molar-refractivity contribution is 8.00. The highest BCUT2D eigenvalue weighted by Crippen LogP contribution is 2.53. The molecule has 2 unspecified atom stereocenters. The number of anilines is 2. The number of benzene rings is 3. The molecule has 3 heterocycles. The molecule has 9 nitrogen and oxygen atoms in total. The molecule has 6 rings (SSSR count). The van der Waals surface area contributed by atoms with Gasteiger partial charge < -0.3 is 19.8 Å². The predicted molar refractivity (Wildman–Crippen MR) is 162 cm³/mol. The van der Waals surface area contributed by atoms with Gasteiger partial charge >= 0.3 is 4.87 Å². The monoisotopic (exact) mass is 601 g/mol. The van der Waals surface area contributed by atoms with Gasteiger partial charge in [0.25, 0.3) is 5.91 Å². The van der Waals surface area contributed by atoms with Crippen LogP contribution < -0.4 is 24.6 Å². The zero-order valence-corrected chi connectivity index (χ0v) is 24.6. The van der Waals surface area contributed by atoms with E-state index in [9.17, 15) is 19.2 Å². The largest absolute Gasteiger partial charge is 0.493 e. The summed E-state index contributed by atoms with van der Waals surface area (Å²) in [4.78, 5) is 57.0. The van der Waals surface area contributed by atoms with Gasteiger partial charge in [0, 0.05) is 16.5 Å². The van der Waals surface area contributed by atoms with Gasteiger partial charge in [-0.3, -0.25) is 19.2 Å². The molecule has 3 aromatic carbocycles. The maximum atomic E-state index is 13.9. The SMILES string of the molecule is COc1cc([C@H]2c3sc(=O)[nH]c3SC3C(=O)N(c4ccc(C)cc4)C(=O)C32)ccc1OCC(=O)Nc1ccc(C)cc1. The fraction of sp³-hybridized carbons (Fsp3) is 0.226. The van der Waals surface area contributed by atoms with Gasteiger partial charge in [0.2, 0.25) is 11.8 Å². The van der Waals surface area contributed by atoms with Crippen LogP contribution >= 0.6 is 23.1 Å². The Labute approximate surface area is 249 Å². The highest BCUT2D eigenvalue weighted by Gasteiger charge is 2.56. The maximum absolute atomic E-state index is 13.9. The Morgan fingerprint density at radius 3 is 2.31 bits per heavy atom. The minimum absolute atomic E-state index is 0.240. The molecule has 1 saturated heterocycles. The quantitative estimate of drug-likeness (QED) is 0.290. The number of carbonyl (C=O) groups excluding carboxylic acids is 3. The summed E-state index contributed by atoms with van der Waals surface area (Å²) >= 11 is 2.27. The molecule has 2 aliphatic rings. The van der Waals surface area contributed by atoms with Gasteiger partial charge in [0.15, 0.2) is 18.1 Å². The van der Waals surface area contributed by atoms with Gasteiger partial charge in [0.1, 0.15) is 5.25 Å². The van der Waals surface area contributed by atoms with Crippen LogP contribution in [0, 0.1) is 19.8 Å². The lowest BCUT2D eigenvalue weighted by Gasteiger charge is -2.30. The molecule has 11 heteroatoms. The number of amides is 3. The summed E-state index contributed by atoms with van der Waals surface area (Å²) in [7, 11) is 1.49. The molecule has 2 N–H and O–H groups in total. The fourth-order valence-electron chi connectivity index (χ4n) is 5.30. The molecule has 1 fully saturated rings. The van der Waals surface area contributed by atoms with Crippen LogP contribution in [0.15, 0.2) is 76.6 Å². The second-order valence-electron chi connectivity index (χ2n) is 10.2. The normalized spacial score (nSPS) is 19.3. The number of thiazole rings is 1. The van der Waals surface area contributed by atoms with Crippen LogP contribution in [0.3, 0.4) is 0 Å². The van der Waals surface area contributed by atoms with Crippen molar-refractivity contribution >= 4 is 52.2 Å². The summed E-state index contributed by atoms with van der Waals surface area (Å²) in [6, 6.07) is 19.9. The van der Waals surface area contributed by atoms with Gasteiger partial charge in [-0.25, -0.2) is 4.90 Å². The van der Waals surface area contributed by atoms with Crippen molar-refractivity contribution in [3.05, 3.63) is 98.0 Å². The molecule has 1 aromatic heterocycles. The summed E-state index contributed by atoms with van der Waals surface area (Å²) < 4.78 is 11.4. The predicted octanol–water partition coefficient (Wildman–Crippen LogP) is 4.88. The average Bonchev–Trinajstić information content (AvgIpc) is 3.47. The van der Waals surface area contributed by atoms with Crippen molar-refractivity contribution in [1.82, 2.24) is 4.98 Å². The molecular weight excluding hydrogens is 574 g/mol. The minimum Gasteiger partial charge on any atom is -0.493 e. The molecule has 42 heavy (non-hydrogen) atoms. The van der Waals surface area contributed by atoms with Crippen LogP contribution in [0.5, 0.6) is 11.5 Å². The van der Waals surface area contributed by atoms with Crippen molar-refractivity contribution in [2.45, 2.75) is 30.0 Å². The van der Waals surface area contributed by atoms with Crippen LogP contribution in [0.4, 0.5) is 11.4 Å². The first-order valence-corrected chi connectivity index (χ1v) is 14.9. The number of nitrogens with zero attached hydrogens (tertiary/aromatic N) is 1. The number of ether oxygens (including phenoxy) is 2. The lowest BCUT2D eigenvalue weighted by Crippen LogP contribution is -2.32. The van der Waals surface area contributed by atoms with Gasteiger partial charge in [0.05, 0.1) is 23.7 Å². The number of methoxy groups -OCH3 is 1. The summed E-state index contributed by atoms with van der Waals surface area (Å²) in [5.41, 5.74) is 3.98. The smallest absolute Gasteiger partial charge is 0.305 e. The number of thioether (sulfide) groups is 1. The number of fused-ring (bicyclic) bond motifs is 2. The minimum atomic E-state index is -0.723. The number of rotatable bonds is 7. The first kappa shape index (κ1) is 27.8. The summed E-state index contributed by atoms with van der Waals surface area (Å²) in [6.45, 7) is 3.67. The van der Waals surface area contributed by atoms with Crippen LogP contribution in [-0.4, -0.2) is 41.7 Å². The number of aromatic amines is 1. The van der Waals surface area contributed by atoms with Crippen molar-refractivity contribution in [3.63, 3.8) is 0 Å². The molecular formula is C31H27N3O6S2. The number of imide groups is 1. The molecule has 0 radical (unpaired) electrons. The molecule has 0 spiro atoms. The van der Waals surface area contributed by atoms with E-state index in [-0.39, 0.29) is 29.2 Å². The van der Waals surface area contributed by atoms with E-state index in [1.807, 2.05) is 50.2 Å². The topological polar surface area (TPSA) is 118 Å². The van der Waals surface area contributed by atoms with Crippen molar-refractivity contribution in [2.75, 3.05) is 23.9 Å². The molecule has 0 bridgehead atoms. The lowest BCUT2D eigenvalue weighted by atomic mass is 9.83. The Morgan fingerprint density at radius 1 is 0.929 bits per heavy atom. The molecule has 4 aromatic rings. The fourth-order valence-corrected chi connectivity index (χ4v) is 7.81. The molecule has 3 amide bonds. The molecule has 2 aliphatic heterocycles. The number of carbonyl (C=O) groups is 3. The van der Waals surface area contributed by atoms with E-state index in [0.29, 0.717) is 38.3 Å². The van der Waals surface area contributed by atoms with E-state index in [0.717, 1.165) is 22.5 Å². The van der Waals surface area contributed by atoms with E-state index >= 15 is 0 Å². The van der Waals surface area contributed by atoms with Gasteiger partial charge in [-0.2, -0.15) is 0 Å². The zero-order valence-electron chi connectivity index (χ0n) is 23.0. The van der Waals surface area contributed by atoms with Gasteiger partial charge in [-0.15, -0.1) is 0 Å². The van der Waals surface area contributed by atoms with E-state index in [2.05, 4.69) is 10.3 Å². The lowest BCUT2D eigenvalue weighted by molar-refractivity contribution is -0.122. The maximum Gasteiger partial charge on any atom is 0.305 e. The standard InChI is InChI=1S/C31H27N3O6S2/c1-16-4-9-19(10-5-16)32-23(35)15-40-21-13-8-18(14-22(21)39-3)24-25-27(41-28-26(24)42-31(38)33-28)30(37)34(29(25)36)20-11-6-17(2)7-12-20/h4-14,24-25,27H,15H2,1-3H3,(H,32,35)(H,33,38)/t24-,25?,27?/m1/s1. The van der Waals surface area contributed by atoms with Crippen molar-refractivity contribution in [1.29, 1.82) is 0 Å². The van der Waals surface area contributed by atoms with Crippen molar-refractivity contribution < 1.29 is 23.9 Å². The number of aromatic nitrogens is 1. The Hall–Kier alpha value is -4.35. The Morgan fingerprint density at radius 2 is 1.62 bits per heavy atom. The third-order valence-electron chi connectivity index (χ3n) is 7.36. The molecule has 0 saturated carbocycles. The van der Waals surface area contributed by atoms with E-state index in [1.165, 1.54) is 23.8 Å². The summed E-state index contributed by atoms with van der Waals surface area (Å²) in [5.74, 6) is -1.53. The van der Waals surface area contributed by atoms with E-state index < -0.39 is 17.1 Å². The van der Waals surface area contributed by atoms with Gasteiger partial charge in [-0.05, 0) is 55.8 Å². The molecule has 3 atom stereocenters. The Bertz CT molecular complexity index is 1750. The van der Waals surface area contributed by atoms with E-state index in [4.69, 9.17) is 9.47 Å². The van der Waals surface area contributed by atoms with Crippen LogP contribution in [0.1, 0.15) is 27.5 Å². The third kappa shape index (κ3) is 5.10. The number of hydrogen-bond donors (Lipinski definition) is 2. The number of hydrogen-bond acceptors (Lipinski definition) is 8. The number of H-pyrrole nitrogens is 1. The van der Waals surface area contributed by atoms with Crippen molar-refractivity contribution in [2.24, 2.45) is 5.92 Å². The molecule has 0 aliphatic carbocycles. The summed E-state index contributed by atoms with van der Waals surface area (Å²) in [5, 5.41) is 2.69. The van der Waals surface area contributed by atoms with E-state index in [1.54, 1.807) is 30.3 Å². The highest BCUT2D eigenvalue weighted by atomic mass is 32.2. The number of nitrogens with one attached hydrogen (secondary N) is 2. The Kier molecular flexibility index (Phi) is 7.38. The zero-order chi connectivity index (χ0) is 29.5. The second kappa shape index (κ2) is 11.1. The van der Waals surface area contributed by atoms with Crippen LogP contribution in [0.2, 0.25) is 0 Å². The van der Waals surface area contributed by atoms with Crippen LogP contribution in [-0.2, 0) is 14.4 Å². The number of aryl methyl sites for hydroxylation is 2. The second-order valence-corrected chi connectivity index (χ2v) is 12.4. The van der Waals surface area contributed by atoms with Crippen molar-refractivity contribution in [3.8, 4) is 11.5 Å².